The molecule has 2 aromatic carbocycles. The molecule has 0 saturated heterocycles. The van der Waals surface area contributed by atoms with E-state index in [4.69, 9.17) is 0 Å². The Morgan fingerprint density at radius 1 is 0.958 bits per heavy atom. The van der Waals surface area contributed by atoms with Gasteiger partial charge in [0.05, 0.1) is 5.56 Å². The molecule has 0 saturated carbocycles. The fraction of sp³-hybridized carbons (Fsp3) is 0.0526. The van der Waals surface area contributed by atoms with Gasteiger partial charge in [0.15, 0.2) is 0 Å². The topological polar surface area (TPSA) is 54.0 Å². The molecule has 5 heteroatoms. The van der Waals surface area contributed by atoms with Crippen LogP contribution in [0, 0.1) is 6.92 Å². The van der Waals surface area contributed by atoms with E-state index in [1.165, 1.54) is 5.56 Å². The zero-order valence-electron chi connectivity index (χ0n) is 13.1. The summed E-state index contributed by atoms with van der Waals surface area (Å²) in [5.41, 5.74) is 3.28. The van der Waals surface area contributed by atoms with Crippen molar-refractivity contribution in [3.8, 4) is 0 Å². The Bertz CT molecular complexity index is 845. The molecule has 120 valence electrons. The molecule has 0 radical (unpaired) electrons. The van der Waals surface area contributed by atoms with Gasteiger partial charge in [-0.05, 0) is 55.5 Å². The van der Waals surface area contributed by atoms with Gasteiger partial charge in [-0.25, -0.2) is 4.98 Å². The smallest absolute Gasteiger partial charge is 0.259 e. The van der Waals surface area contributed by atoms with Crippen molar-refractivity contribution in [1.82, 2.24) is 4.98 Å². The summed E-state index contributed by atoms with van der Waals surface area (Å²) in [4.78, 5) is 16.9. The Morgan fingerprint density at radius 3 is 2.33 bits per heavy atom. The van der Waals surface area contributed by atoms with Gasteiger partial charge >= 0.3 is 0 Å². The molecule has 3 aromatic rings. The van der Waals surface area contributed by atoms with Crippen molar-refractivity contribution in [1.29, 1.82) is 0 Å². The number of anilines is 3. The van der Waals surface area contributed by atoms with E-state index in [-0.39, 0.29) is 5.91 Å². The Kier molecular flexibility index (Phi) is 4.91. The summed E-state index contributed by atoms with van der Waals surface area (Å²) in [6.45, 7) is 2.03. The fourth-order valence-corrected chi connectivity index (χ4v) is 2.46. The number of rotatable bonds is 4. The van der Waals surface area contributed by atoms with Crippen LogP contribution < -0.4 is 10.6 Å². The van der Waals surface area contributed by atoms with E-state index in [2.05, 4.69) is 31.5 Å². The van der Waals surface area contributed by atoms with Crippen molar-refractivity contribution in [3.63, 3.8) is 0 Å². The van der Waals surface area contributed by atoms with Crippen LogP contribution in [0.1, 0.15) is 15.9 Å². The summed E-state index contributed by atoms with van der Waals surface area (Å²) >= 11 is 3.38. The number of carbonyl (C=O) groups is 1. The number of halogens is 1. The van der Waals surface area contributed by atoms with Gasteiger partial charge in [-0.1, -0.05) is 33.6 Å². The lowest BCUT2D eigenvalue weighted by Gasteiger charge is -2.11. The average Bonchev–Trinajstić information content (AvgIpc) is 2.59. The summed E-state index contributed by atoms with van der Waals surface area (Å²) in [6.07, 6.45) is 1.66. The van der Waals surface area contributed by atoms with Crippen LogP contribution in [0.3, 0.4) is 0 Å². The van der Waals surface area contributed by atoms with Gasteiger partial charge in [-0.15, -0.1) is 0 Å². The first-order valence-electron chi connectivity index (χ1n) is 7.47. The highest BCUT2D eigenvalue weighted by molar-refractivity contribution is 9.10. The molecule has 0 aliphatic rings. The second kappa shape index (κ2) is 7.27. The highest BCUT2D eigenvalue weighted by Crippen LogP contribution is 2.21. The van der Waals surface area contributed by atoms with E-state index in [0.717, 1.165) is 15.8 Å². The minimum atomic E-state index is -0.208. The second-order valence-electron chi connectivity index (χ2n) is 5.35. The molecular weight excluding hydrogens is 366 g/mol. The molecule has 1 heterocycles. The number of carbonyl (C=O) groups excluding carboxylic acids is 1. The SMILES string of the molecule is Cc1ccc(Nc2ncccc2C(=O)Nc2ccc(Br)cc2)cc1. The average molecular weight is 382 g/mol. The molecule has 0 aliphatic heterocycles. The van der Waals surface area contributed by atoms with Gasteiger partial charge in [0.2, 0.25) is 0 Å². The predicted molar refractivity (Wildman–Crippen MR) is 101 cm³/mol. The maximum absolute atomic E-state index is 12.6. The lowest BCUT2D eigenvalue weighted by molar-refractivity contribution is 0.102. The van der Waals surface area contributed by atoms with Gasteiger partial charge < -0.3 is 10.6 Å². The Hall–Kier alpha value is -2.66. The molecule has 3 rings (SSSR count). The van der Waals surface area contributed by atoms with Crippen LogP contribution in [0.2, 0.25) is 0 Å². The largest absolute Gasteiger partial charge is 0.340 e. The van der Waals surface area contributed by atoms with Crippen molar-refractivity contribution in [2.75, 3.05) is 10.6 Å². The number of amides is 1. The quantitative estimate of drug-likeness (QED) is 0.656. The number of pyridine rings is 1. The maximum atomic E-state index is 12.6. The monoisotopic (exact) mass is 381 g/mol. The maximum Gasteiger partial charge on any atom is 0.259 e. The molecule has 0 fully saturated rings. The second-order valence-corrected chi connectivity index (χ2v) is 6.27. The summed E-state index contributed by atoms with van der Waals surface area (Å²) in [5, 5.41) is 6.08. The van der Waals surface area contributed by atoms with Crippen molar-refractivity contribution < 1.29 is 4.79 Å². The Labute approximate surface area is 149 Å². The molecule has 0 unspecified atom stereocenters. The van der Waals surface area contributed by atoms with E-state index in [1.807, 2.05) is 55.5 Å². The predicted octanol–water partition coefficient (Wildman–Crippen LogP) is 5.15. The summed E-state index contributed by atoms with van der Waals surface area (Å²) in [5.74, 6) is 0.316. The molecule has 2 N–H and O–H groups in total. The van der Waals surface area contributed by atoms with Crippen LogP contribution in [0.5, 0.6) is 0 Å². The van der Waals surface area contributed by atoms with Crippen LogP contribution in [0.4, 0.5) is 17.2 Å². The lowest BCUT2D eigenvalue weighted by atomic mass is 10.2. The number of nitrogens with one attached hydrogen (secondary N) is 2. The summed E-state index contributed by atoms with van der Waals surface area (Å²) in [7, 11) is 0. The van der Waals surface area contributed by atoms with E-state index in [9.17, 15) is 4.79 Å². The molecular formula is C19H16BrN3O. The molecule has 1 amide bonds. The molecule has 0 spiro atoms. The molecule has 0 atom stereocenters. The number of hydrogen-bond donors (Lipinski definition) is 2. The molecule has 24 heavy (non-hydrogen) atoms. The van der Waals surface area contributed by atoms with Gasteiger partial charge in [0.1, 0.15) is 5.82 Å². The standard InChI is InChI=1S/C19H16BrN3O/c1-13-4-8-15(9-5-13)22-18-17(3-2-12-21-18)19(24)23-16-10-6-14(20)7-11-16/h2-12H,1H3,(H,21,22)(H,23,24). The minimum Gasteiger partial charge on any atom is -0.340 e. The zero-order chi connectivity index (χ0) is 16.9. The third-order valence-corrected chi connectivity index (χ3v) is 4.00. The highest BCUT2D eigenvalue weighted by atomic mass is 79.9. The van der Waals surface area contributed by atoms with Crippen LogP contribution in [-0.4, -0.2) is 10.9 Å². The van der Waals surface area contributed by atoms with E-state index in [0.29, 0.717) is 11.4 Å². The van der Waals surface area contributed by atoms with Crippen LogP contribution >= 0.6 is 15.9 Å². The first-order chi connectivity index (χ1) is 11.6. The van der Waals surface area contributed by atoms with Gasteiger partial charge in [-0.3, -0.25) is 4.79 Å². The van der Waals surface area contributed by atoms with Crippen molar-refractivity contribution in [2.45, 2.75) is 6.92 Å². The fourth-order valence-electron chi connectivity index (χ4n) is 2.19. The third kappa shape index (κ3) is 4.00. The van der Waals surface area contributed by atoms with Gasteiger partial charge in [-0.2, -0.15) is 0 Å². The van der Waals surface area contributed by atoms with Crippen molar-refractivity contribution >= 4 is 39.0 Å². The summed E-state index contributed by atoms with van der Waals surface area (Å²) in [6, 6.07) is 18.9. The molecule has 4 nitrogen and oxygen atoms in total. The molecule has 0 bridgehead atoms. The van der Waals surface area contributed by atoms with Crippen LogP contribution in [0.25, 0.3) is 0 Å². The minimum absolute atomic E-state index is 0.208. The molecule has 0 aliphatic carbocycles. The number of aryl methyl sites for hydroxylation is 1. The van der Waals surface area contributed by atoms with E-state index >= 15 is 0 Å². The summed E-state index contributed by atoms with van der Waals surface area (Å²) < 4.78 is 0.962. The van der Waals surface area contributed by atoms with E-state index in [1.54, 1.807) is 18.3 Å². The van der Waals surface area contributed by atoms with Gasteiger partial charge in [0.25, 0.3) is 5.91 Å². The van der Waals surface area contributed by atoms with Gasteiger partial charge in [0, 0.05) is 22.0 Å². The Morgan fingerprint density at radius 2 is 1.62 bits per heavy atom. The Balaban J connectivity index is 1.81. The van der Waals surface area contributed by atoms with Crippen molar-refractivity contribution in [2.24, 2.45) is 0 Å². The third-order valence-electron chi connectivity index (χ3n) is 3.47. The number of nitrogens with zero attached hydrogens (tertiary/aromatic N) is 1. The van der Waals surface area contributed by atoms with Crippen LogP contribution in [-0.2, 0) is 0 Å². The molecule has 1 aromatic heterocycles. The van der Waals surface area contributed by atoms with Crippen molar-refractivity contribution in [3.05, 3.63) is 82.5 Å². The number of hydrogen-bond acceptors (Lipinski definition) is 3. The highest BCUT2D eigenvalue weighted by Gasteiger charge is 2.12. The normalized spacial score (nSPS) is 10.2. The van der Waals surface area contributed by atoms with E-state index < -0.39 is 0 Å². The number of aromatic nitrogens is 1. The first kappa shape index (κ1) is 16.2. The zero-order valence-corrected chi connectivity index (χ0v) is 14.7. The first-order valence-corrected chi connectivity index (χ1v) is 8.27. The number of benzene rings is 2. The lowest BCUT2D eigenvalue weighted by Crippen LogP contribution is -2.14. The van der Waals surface area contributed by atoms with Crippen LogP contribution in [0.15, 0.2) is 71.3 Å².